The van der Waals surface area contributed by atoms with Gasteiger partial charge in [0.05, 0.1) is 7.11 Å². The van der Waals surface area contributed by atoms with Crippen molar-refractivity contribution in [1.82, 2.24) is 15.2 Å². The van der Waals surface area contributed by atoms with Gasteiger partial charge >= 0.3 is 5.97 Å². The Morgan fingerprint density at radius 2 is 1.18 bits per heavy atom. The molecule has 2 amide bonds. The Morgan fingerprint density at radius 1 is 0.699 bits per heavy atom. The van der Waals surface area contributed by atoms with Gasteiger partial charge in [-0.05, 0) is 40.0 Å². The monoisotopic (exact) mass is 1020 g/mol. The number of halogens is 1. The molecule has 0 bridgehead atoms. The SMILES string of the molecule is COc1ccc(COC(=O)C2=C(CCl)CS[C@@H]3[C@H](NC(=O)/C(=N\OC(c4ccccc4)(c4ccccc4)c4ccccc4)c4csc(NC(c5ccccc5)(c5ccccc5)c5ccccc5)n4)C(=O)N23)cc1. The van der Waals surface area contributed by atoms with Crippen LogP contribution in [0.15, 0.2) is 228 Å². The molecule has 11 nitrogen and oxygen atoms in total. The zero-order chi connectivity index (χ0) is 50.2. The first kappa shape index (κ1) is 48.6. The lowest BCUT2D eigenvalue weighted by Gasteiger charge is -2.49. The van der Waals surface area contributed by atoms with Crippen molar-refractivity contribution in [3.8, 4) is 5.75 Å². The van der Waals surface area contributed by atoms with E-state index in [0.29, 0.717) is 22.2 Å². The number of oxime groups is 1. The fourth-order valence-corrected chi connectivity index (χ4v) is 11.7. The number of aromatic nitrogens is 1. The summed E-state index contributed by atoms with van der Waals surface area (Å²) in [5.41, 5.74) is 4.26. The van der Waals surface area contributed by atoms with Crippen molar-refractivity contribution in [3.05, 3.63) is 268 Å². The lowest BCUT2D eigenvalue weighted by molar-refractivity contribution is -0.153. The second-order valence-corrected chi connectivity index (χ2v) is 19.4. The number of fused-ring (bicyclic) bond motifs is 1. The van der Waals surface area contributed by atoms with Gasteiger partial charge in [-0.15, -0.1) is 34.7 Å². The van der Waals surface area contributed by atoms with Crippen LogP contribution in [-0.4, -0.2) is 63.5 Å². The molecule has 7 aromatic carbocycles. The number of nitrogens with one attached hydrogen (secondary N) is 2. The Hall–Kier alpha value is -7.97. The number of esters is 1. The zero-order valence-corrected chi connectivity index (χ0v) is 41.9. The number of benzene rings is 7. The van der Waals surface area contributed by atoms with Gasteiger partial charge in [-0.25, -0.2) is 9.78 Å². The van der Waals surface area contributed by atoms with Crippen LogP contribution < -0.4 is 15.4 Å². The molecule has 0 saturated carbocycles. The molecule has 1 saturated heterocycles. The molecule has 10 rings (SSSR count). The second-order valence-electron chi connectivity index (χ2n) is 17.2. The van der Waals surface area contributed by atoms with Gasteiger partial charge in [0.1, 0.15) is 40.7 Å². The van der Waals surface area contributed by atoms with Gasteiger partial charge in [-0.1, -0.05) is 199 Å². The molecule has 2 N–H and O–H groups in total. The first-order valence-electron chi connectivity index (χ1n) is 23.5. The van der Waals surface area contributed by atoms with E-state index in [1.165, 1.54) is 28.0 Å². The molecule has 2 atom stereocenters. The van der Waals surface area contributed by atoms with E-state index in [4.69, 9.17) is 36.1 Å². The number of β-lactam (4-membered cyclic amide) rings is 1. The number of rotatable bonds is 18. The standard InChI is InChI=1S/C59H48ClN5O6S2/c1-69-48-34-32-40(33-35-48)37-70-56(68)52-41(36-60)38-72-55-51(54(67)65(52)55)62-53(66)50(64-71-59(45-26-14-5-15-27-45,46-28-16-6-17-29-46)47-30-18-7-19-31-47)49-39-73-57(61-49)63-58(42-20-8-2-9-21-42,43-22-10-3-11-23-43)44-24-12-4-13-25-44/h2-35,39,51,55H,36-38H2,1H3,(H,61,63)(H,62,66)/b64-50-/t51-,55-/m1/s1. The van der Waals surface area contributed by atoms with Gasteiger partial charge in [-0.3, -0.25) is 14.5 Å². The van der Waals surface area contributed by atoms with Crippen LogP contribution >= 0.6 is 34.7 Å². The van der Waals surface area contributed by atoms with E-state index in [2.05, 4.69) is 47.0 Å². The van der Waals surface area contributed by atoms with Crippen molar-refractivity contribution in [1.29, 1.82) is 0 Å². The van der Waals surface area contributed by atoms with E-state index in [9.17, 15) is 9.59 Å². The highest BCUT2D eigenvalue weighted by molar-refractivity contribution is 8.00. The van der Waals surface area contributed by atoms with Crippen molar-refractivity contribution in [2.75, 3.05) is 24.1 Å². The van der Waals surface area contributed by atoms with E-state index in [-0.39, 0.29) is 29.6 Å². The number of alkyl halides is 1. The molecular formula is C59H48ClN5O6S2. The number of thiazole rings is 1. The van der Waals surface area contributed by atoms with Gasteiger partial charge in [-0.2, -0.15) is 0 Å². The van der Waals surface area contributed by atoms with Crippen molar-refractivity contribution >= 4 is 63.3 Å². The molecule has 2 aliphatic heterocycles. The number of carbonyl (C=O) groups is 3. The zero-order valence-electron chi connectivity index (χ0n) is 39.5. The first-order valence-corrected chi connectivity index (χ1v) is 26.0. The van der Waals surface area contributed by atoms with Crippen LogP contribution in [-0.2, 0) is 41.7 Å². The summed E-state index contributed by atoms with van der Waals surface area (Å²) in [4.78, 5) is 56.8. The topological polar surface area (TPSA) is 131 Å². The molecule has 0 unspecified atom stereocenters. The number of ether oxygens (including phenoxy) is 2. The third kappa shape index (κ3) is 9.62. The number of anilines is 1. The predicted octanol–water partition coefficient (Wildman–Crippen LogP) is 10.9. The number of carbonyl (C=O) groups excluding carboxylic acids is 3. The smallest absolute Gasteiger partial charge is 0.355 e. The lowest BCUT2D eigenvalue weighted by Crippen LogP contribution is -2.71. The fraction of sp³-hybridized carbons (Fsp3) is 0.136. The van der Waals surface area contributed by atoms with E-state index in [0.717, 1.165) is 38.9 Å². The molecule has 0 radical (unpaired) electrons. The van der Waals surface area contributed by atoms with Crippen LogP contribution in [0.5, 0.6) is 5.75 Å². The number of methoxy groups -OCH3 is 1. The van der Waals surface area contributed by atoms with Crippen LogP contribution in [0.2, 0.25) is 0 Å². The summed E-state index contributed by atoms with van der Waals surface area (Å²) >= 11 is 9.09. The van der Waals surface area contributed by atoms with Crippen LogP contribution in [0.1, 0.15) is 44.6 Å². The minimum atomic E-state index is -1.36. The Morgan fingerprint density at radius 3 is 1.64 bits per heavy atom. The predicted molar refractivity (Wildman–Crippen MR) is 287 cm³/mol. The maximum Gasteiger partial charge on any atom is 0.355 e. The summed E-state index contributed by atoms with van der Waals surface area (Å²) < 4.78 is 11.0. The van der Waals surface area contributed by atoms with Crippen LogP contribution in [0.25, 0.3) is 0 Å². The van der Waals surface area contributed by atoms with E-state index >= 15 is 4.79 Å². The van der Waals surface area contributed by atoms with Crippen molar-refractivity contribution < 1.29 is 28.7 Å². The van der Waals surface area contributed by atoms with Gasteiger partial charge in [0, 0.05) is 33.7 Å². The van der Waals surface area contributed by atoms with Crippen molar-refractivity contribution in [2.24, 2.45) is 5.16 Å². The minimum absolute atomic E-state index is 0.00787. The molecular weight excluding hydrogens is 974 g/mol. The highest BCUT2D eigenvalue weighted by Gasteiger charge is 2.55. The summed E-state index contributed by atoms with van der Waals surface area (Å²) in [7, 11) is 1.57. The summed E-state index contributed by atoms with van der Waals surface area (Å²) in [5.74, 6) is -0.897. The average molecular weight is 1020 g/mol. The molecule has 73 heavy (non-hydrogen) atoms. The molecule has 8 aromatic rings. The van der Waals surface area contributed by atoms with Gasteiger partial charge in [0.25, 0.3) is 11.8 Å². The summed E-state index contributed by atoms with van der Waals surface area (Å²) in [5, 5.41) is 13.2. The van der Waals surface area contributed by atoms with E-state index < -0.39 is 40.3 Å². The number of hydrogen-bond donors (Lipinski definition) is 2. The normalized spacial score (nSPS) is 15.7. The molecule has 1 fully saturated rings. The summed E-state index contributed by atoms with van der Waals surface area (Å²) in [6.45, 7) is -0.0359. The van der Waals surface area contributed by atoms with E-state index in [1.807, 2.05) is 146 Å². The highest BCUT2D eigenvalue weighted by Crippen LogP contribution is 2.44. The molecule has 0 aliphatic carbocycles. The Balaban J connectivity index is 1.03. The third-order valence-electron chi connectivity index (χ3n) is 12.9. The Labute approximate surface area is 436 Å². The summed E-state index contributed by atoms with van der Waals surface area (Å²) in [6.07, 6.45) is 0. The molecule has 364 valence electrons. The van der Waals surface area contributed by atoms with Gasteiger partial charge in [0.2, 0.25) is 5.60 Å². The number of hydrogen-bond acceptors (Lipinski definition) is 11. The highest BCUT2D eigenvalue weighted by atomic mass is 35.5. The van der Waals surface area contributed by atoms with Crippen LogP contribution in [0.4, 0.5) is 5.13 Å². The number of amides is 2. The van der Waals surface area contributed by atoms with Crippen molar-refractivity contribution in [3.63, 3.8) is 0 Å². The van der Waals surface area contributed by atoms with Gasteiger partial charge in [0.15, 0.2) is 10.8 Å². The second kappa shape index (κ2) is 21.8. The number of thioether (sulfide) groups is 1. The summed E-state index contributed by atoms with van der Waals surface area (Å²) in [6, 6.07) is 65.6. The molecule has 1 aromatic heterocycles. The van der Waals surface area contributed by atoms with Crippen LogP contribution in [0.3, 0.4) is 0 Å². The first-order chi connectivity index (χ1) is 35.8. The third-order valence-corrected chi connectivity index (χ3v) is 15.3. The maximum absolute atomic E-state index is 15.2. The fourth-order valence-electron chi connectivity index (χ4n) is 9.30. The minimum Gasteiger partial charge on any atom is -0.497 e. The van der Waals surface area contributed by atoms with E-state index in [1.54, 1.807) is 36.8 Å². The average Bonchev–Trinajstić information content (AvgIpc) is 3.93. The molecule has 3 heterocycles. The Bertz CT molecular complexity index is 3060. The largest absolute Gasteiger partial charge is 0.497 e. The lowest BCUT2D eigenvalue weighted by atomic mass is 9.77. The molecule has 14 heteroatoms. The molecule has 0 spiro atoms. The van der Waals surface area contributed by atoms with Crippen LogP contribution in [0, 0.1) is 0 Å². The quantitative estimate of drug-likeness (QED) is 0.0215. The maximum atomic E-state index is 15.2. The Kier molecular flexibility index (Phi) is 14.5. The molecule has 2 aliphatic rings. The van der Waals surface area contributed by atoms with Crippen molar-refractivity contribution in [2.45, 2.75) is 29.2 Å². The van der Waals surface area contributed by atoms with Gasteiger partial charge < -0.3 is 24.9 Å². The number of nitrogens with zero attached hydrogens (tertiary/aromatic N) is 3.